The van der Waals surface area contributed by atoms with E-state index in [1.165, 1.54) is 29.9 Å². The number of nitrogens with one attached hydrogen (secondary N) is 2. The van der Waals surface area contributed by atoms with Gasteiger partial charge in [-0.15, -0.1) is 0 Å². The Morgan fingerprint density at radius 3 is 2.42 bits per heavy atom. The lowest BCUT2D eigenvalue weighted by molar-refractivity contribution is -0.113. The number of hydrogen-bond acceptors (Lipinski definition) is 6. The molecule has 1 aromatic carbocycles. The number of rotatable bonds is 9. The Morgan fingerprint density at radius 2 is 1.80 bits per heavy atom. The Morgan fingerprint density at radius 1 is 1.07 bits per heavy atom. The number of amides is 2. The molecule has 0 unspecified atom stereocenters. The molecule has 2 aliphatic carbocycles. The van der Waals surface area contributed by atoms with E-state index >= 15 is 0 Å². The van der Waals surface area contributed by atoms with Crippen molar-refractivity contribution in [3.05, 3.63) is 80.9 Å². The number of nitriles is 1. The molecule has 0 atom stereocenters. The summed E-state index contributed by atoms with van der Waals surface area (Å²) in [7, 11) is 1.61. The van der Waals surface area contributed by atoms with Crippen molar-refractivity contribution in [2.24, 2.45) is 13.0 Å². The monoisotopic (exact) mass is 616 g/mol. The van der Waals surface area contributed by atoms with Gasteiger partial charge in [0.2, 0.25) is 0 Å². The van der Waals surface area contributed by atoms with Crippen LogP contribution in [-0.2, 0) is 13.6 Å². The minimum absolute atomic E-state index is 0.0152. The zero-order valence-electron chi connectivity index (χ0n) is 25.8. The summed E-state index contributed by atoms with van der Waals surface area (Å²) in [5.74, 6) is -3.07. The summed E-state index contributed by atoms with van der Waals surface area (Å²) >= 11 is 0. The van der Waals surface area contributed by atoms with Crippen molar-refractivity contribution < 1.29 is 18.4 Å². The molecular formula is C34H38F2N6O3. The number of benzene rings is 1. The maximum absolute atomic E-state index is 13.6. The molecule has 45 heavy (non-hydrogen) atoms. The molecule has 3 heterocycles. The van der Waals surface area contributed by atoms with Gasteiger partial charge in [0.15, 0.2) is 0 Å². The van der Waals surface area contributed by atoms with Crippen LogP contribution in [0.3, 0.4) is 0 Å². The third-order valence-corrected chi connectivity index (χ3v) is 8.38. The zero-order valence-corrected chi connectivity index (χ0v) is 25.8. The number of carbonyl (C=O) groups is 2. The van der Waals surface area contributed by atoms with Gasteiger partial charge < -0.3 is 20.1 Å². The van der Waals surface area contributed by atoms with Crippen molar-refractivity contribution in [1.29, 1.82) is 5.26 Å². The molecule has 9 nitrogen and oxygen atoms in total. The molecule has 0 spiro atoms. The lowest BCUT2D eigenvalue weighted by Crippen LogP contribution is -2.58. The van der Waals surface area contributed by atoms with Crippen LogP contribution >= 0.6 is 0 Å². The van der Waals surface area contributed by atoms with Gasteiger partial charge in [-0.1, -0.05) is 26.3 Å². The van der Waals surface area contributed by atoms with Crippen molar-refractivity contribution in [3.63, 3.8) is 0 Å². The minimum atomic E-state index is -2.93. The van der Waals surface area contributed by atoms with Crippen molar-refractivity contribution >= 4 is 17.6 Å². The molecule has 2 saturated carbocycles. The lowest BCUT2D eigenvalue weighted by atomic mass is 9.85. The van der Waals surface area contributed by atoms with Gasteiger partial charge in [-0.05, 0) is 85.2 Å². The maximum atomic E-state index is 13.6. The highest BCUT2D eigenvalue weighted by Crippen LogP contribution is 2.41. The SMILES string of the molecule is CC.Cn1cc(CNCC2CCC2)cc(C(=O)Nc2cc(-c3ccc(C#N)cc3C(=O)N3CC(F)(F)C3)cc(C3CC3)n2)c1=O. The molecule has 2 N–H and O–H groups in total. The zero-order chi connectivity index (χ0) is 32.3. The molecule has 2 aromatic heterocycles. The number of aromatic nitrogens is 2. The van der Waals surface area contributed by atoms with E-state index in [0.717, 1.165) is 29.8 Å². The summed E-state index contributed by atoms with van der Waals surface area (Å²) in [5, 5.41) is 15.6. The van der Waals surface area contributed by atoms with Gasteiger partial charge in [0, 0.05) is 37.0 Å². The highest BCUT2D eigenvalue weighted by atomic mass is 19.3. The third-order valence-electron chi connectivity index (χ3n) is 8.38. The van der Waals surface area contributed by atoms with Gasteiger partial charge in [0.05, 0.1) is 24.7 Å². The predicted octanol–water partition coefficient (Wildman–Crippen LogP) is 5.46. The Hall–Kier alpha value is -4.43. The summed E-state index contributed by atoms with van der Waals surface area (Å²) in [6.07, 6.45) is 7.25. The lowest BCUT2D eigenvalue weighted by Gasteiger charge is -2.39. The number of aryl methyl sites for hydroxylation is 1. The summed E-state index contributed by atoms with van der Waals surface area (Å²) in [6, 6.07) is 11.6. The van der Waals surface area contributed by atoms with Gasteiger partial charge in [0.1, 0.15) is 11.4 Å². The number of anilines is 1. The van der Waals surface area contributed by atoms with Gasteiger partial charge in [-0.25, -0.2) is 13.8 Å². The fraction of sp³-hybridized carbons (Fsp3) is 0.441. The van der Waals surface area contributed by atoms with Gasteiger partial charge >= 0.3 is 0 Å². The summed E-state index contributed by atoms with van der Waals surface area (Å²) in [4.78, 5) is 45.3. The van der Waals surface area contributed by atoms with E-state index in [-0.39, 0.29) is 28.4 Å². The van der Waals surface area contributed by atoms with Crippen LogP contribution in [0.5, 0.6) is 0 Å². The molecule has 2 amide bonds. The van der Waals surface area contributed by atoms with Crippen LogP contribution in [0.4, 0.5) is 14.6 Å². The van der Waals surface area contributed by atoms with E-state index in [0.29, 0.717) is 29.3 Å². The normalized spacial score (nSPS) is 16.8. The summed E-state index contributed by atoms with van der Waals surface area (Å²) < 4.78 is 28.5. The number of alkyl halides is 2. The molecule has 1 saturated heterocycles. The van der Waals surface area contributed by atoms with Gasteiger partial charge in [-0.2, -0.15) is 5.26 Å². The second kappa shape index (κ2) is 13.3. The van der Waals surface area contributed by atoms with Crippen LogP contribution in [0.15, 0.2) is 47.4 Å². The molecule has 3 aromatic rings. The molecule has 11 heteroatoms. The first kappa shape index (κ1) is 32.0. The van der Waals surface area contributed by atoms with E-state index < -0.39 is 36.4 Å². The molecular weight excluding hydrogens is 578 g/mol. The Balaban J connectivity index is 0.00000196. The molecule has 6 rings (SSSR count). The number of pyridine rings is 2. The van der Waals surface area contributed by atoms with E-state index in [9.17, 15) is 28.4 Å². The fourth-order valence-corrected chi connectivity index (χ4v) is 5.57. The molecule has 3 fully saturated rings. The van der Waals surface area contributed by atoms with Crippen molar-refractivity contribution in [3.8, 4) is 17.2 Å². The van der Waals surface area contributed by atoms with Crippen molar-refractivity contribution in [2.45, 2.75) is 64.3 Å². The Labute approximate surface area is 261 Å². The largest absolute Gasteiger partial charge is 0.326 e. The predicted molar refractivity (Wildman–Crippen MR) is 167 cm³/mol. The molecule has 0 bridgehead atoms. The number of nitrogens with zero attached hydrogens (tertiary/aromatic N) is 4. The second-order valence-electron chi connectivity index (χ2n) is 11.9. The molecule has 3 aliphatic rings. The number of likely N-dealkylation sites (tertiary alicyclic amines) is 1. The van der Waals surface area contributed by atoms with Crippen LogP contribution in [-0.4, -0.2) is 51.8 Å². The van der Waals surface area contributed by atoms with Crippen molar-refractivity contribution in [2.75, 3.05) is 25.0 Å². The highest BCUT2D eigenvalue weighted by molar-refractivity contribution is 6.05. The topological polar surface area (TPSA) is 120 Å². The summed E-state index contributed by atoms with van der Waals surface area (Å²) in [6.45, 7) is 4.06. The van der Waals surface area contributed by atoms with E-state index in [4.69, 9.17) is 0 Å². The van der Waals surface area contributed by atoms with Crippen LogP contribution in [0, 0.1) is 17.2 Å². The number of halogens is 2. The van der Waals surface area contributed by atoms with E-state index in [2.05, 4.69) is 15.6 Å². The average Bonchev–Trinajstić information content (AvgIpc) is 3.85. The molecule has 236 valence electrons. The first-order valence-electron chi connectivity index (χ1n) is 15.6. The number of hydrogen-bond donors (Lipinski definition) is 2. The quantitative estimate of drug-likeness (QED) is 0.330. The highest BCUT2D eigenvalue weighted by Gasteiger charge is 2.46. The van der Waals surface area contributed by atoms with Gasteiger partial charge in [-0.3, -0.25) is 14.4 Å². The van der Waals surface area contributed by atoms with E-state index in [1.54, 1.807) is 37.5 Å². The van der Waals surface area contributed by atoms with Crippen LogP contribution in [0.1, 0.15) is 89.4 Å². The van der Waals surface area contributed by atoms with Crippen LogP contribution in [0.2, 0.25) is 0 Å². The second-order valence-corrected chi connectivity index (χ2v) is 11.9. The minimum Gasteiger partial charge on any atom is -0.326 e. The van der Waals surface area contributed by atoms with Crippen LogP contribution in [0.25, 0.3) is 11.1 Å². The smallest absolute Gasteiger partial charge is 0.282 e. The van der Waals surface area contributed by atoms with Crippen LogP contribution < -0.4 is 16.2 Å². The van der Waals surface area contributed by atoms with E-state index in [1.807, 2.05) is 26.0 Å². The third kappa shape index (κ3) is 7.28. The summed E-state index contributed by atoms with van der Waals surface area (Å²) in [5.41, 5.74) is 2.41. The fourth-order valence-electron chi connectivity index (χ4n) is 5.57. The van der Waals surface area contributed by atoms with Gasteiger partial charge in [0.25, 0.3) is 23.3 Å². The maximum Gasteiger partial charge on any atom is 0.282 e. The Kier molecular flexibility index (Phi) is 9.44. The standard InChI is InChI=1S/C32H32F2N6O3.C2H6/c1-39-16-21(15-36-14-19-3-2-4-19)10-26(30(39)42)29(41)38-28-12-23(11-27(37-28)22-6-7-22)24-8-5-20(13-35)9-25(24)31(43)40-17-32(33,34)18-40;1-2/h5,8-12,16,19,22,36H,2-4,6-7,14-15,17-18H2,1H3,(H,37,38,41);1-2H3. The first-order chi connectivity index (χ1) is 21.6. The molecule has 0 radical (unpaired) electrons. The average molecular weight is 617 g/mol. The Bertz CT molecular complexity index is 1700. The number of carbonyl (C=O) groups excluding carboxylic acids is 2. The first-order valence-corrected chi connectivity index (χ1v) is 15.6. The molecule has 1 aliphatic heterocycles. The van der Waals surface area contributed by atoms with Crippen molar-refractivity contribution in [1.82, 2.24) is 19.8 Å².